The summed E-state index contributed by atoms with van der Waals surface area (Å²) < 4.78 is 5.27. The Morgan fingerprint density at radius 1 is 1.27 bits per heavy atom. The van der Waals surface area contributed by atoms with Crippen LogP contribution in [0.2, 0.25) is 5.02 Å². The van der Waals surface area contributed by atoms with E-state index in [1.165, 1.54) is 0 Å². The van der Waals surface area contributed by atoms with E-state index in [1.807, 2.05) is 0 Å². The summed E-state index contributed by atoms with van der Waals surface area (Å²) in [6.45, 7) is 8.86. The Morgan fingerprint density at radius 2 is 1.86 bits per heavy atom. The molecule has 1 aromatic carbocycles. The first-order chi connectivity index (χ1) is 10.1. The number of ether oxygens (including phenoxy) is 1. The van der Waals surface area contributed by atoms with Gasteiger partial charge in [-0.25, -0.2) is 0 Å². The van der Waals surface area contributed by atoms with Crippen molar-refractivity contribution in [3.63, 3.8) is 0 Å². The van der Waals surface area contributed by atoms with Crippen molar-refractivity contribution in [3.8, 4) is 5.75 Å². The predicted octanol–water partition coefficient (Wildman–Crippen LogP) is 2.36. The van der Waals surface area contributed by atoms with Gasteiger partial charge in [-0.1, -0.05) is 11.6 Å². The lowest BCUT2D eigenvalue weighted by Gasteiger charge is -2.43. The molecule has 3 N–H and O–H groups in total. The molecular weight excluding hydrogens is 300 g/mol. The van der Waals surface area contributed by atoms with Gasteiger partial charge < -0.3 is 15.4 Å². The second kappa shape index (κ2) is 6.09. The number of carbonyl (C=O) groups excluding carboxylic acids is 1. The zero-order valence-corrected chi connectivity index (χ0v) is 14.8. The molecule has 2 rings (SSSR count). The average molecular weight is 326 g/mol. The smallest absolute Gasteiger partial charge is 0.255 e. The second-order valence-electron chi connectivity index (χ2n) is 7.54. The van der Waals surface area contributed by atoms with Gasteiger partial charge in [0.25, 0.3) is 5.91 Å². The number of hydrogen-bond donors (Lipinski definition) is 2. The number of benzene rings is 1. The van der Waals surface area contributed by atoms with Crippen molar-refractivity contribution >= 4 is 17.5 Å². The molecule has 1 aliphatic rings. The summed E-state index contributed by atoms with van der Waals surface area (Å²) >= 11 is 6.01. The topological polar surface area (TPSA) is 54.9 Å². The maximum Gasteiger partial charge on any atom is 0.255 e. The Kier molecular flexibility index (Phi) is 4.73. The van der Waals surface area contributed by atoms with E-state index in [-0.39, 0.29) is 23.0 Å². The molecule has 0 saturated carbocycles. The summed E-state index contributed by atoms with van der Waals surface area (Å²) in [5.74, 6) is 0.417. The van der Waals surface area contributed by atoms with E-state index in [0.29, 0.717) is 16.3 Å². The number of nitrogens with two attached hydrogens (primary N) is 1. The molecule has 1 amide bonds. The van der Waals surface area contributed by atoms with Gasteiger partial charge in [-0.3, -0.25) is 4.79 Å². The van der Waals surface area contributed by atoms with Gasteiger partial charge in [-0.05, 0) is 45.9 Å². The first kappa shape index (κ1) is 17.1. The molecule has 0 atom stereocenters. The molecule has 0 spiro atoms. The van der Waals surface area contributed by atoms with Crippen LogP contribution in [0.15, 0.2) is 18.2 Å². The van der Waals surface area contributed by atoms with Crippen LogP contribution >= 0.6 is 11.6 Å². The van der Waals surface area contributed by atoms with E-state index in [1.54, 1.807) is 25.3 Å². The third kappa shape index (κ3) is 4.14. The molecule has 22 heavy (non-hydrogen) atoms. The zero-order valence-electron chi connectivity index (χ0n) is 14.0. The quantitative estimate of drug-likeness (QED) is 0.896. The zero-order chi connectivity index (χ0) is 16.5. The fourth-order valence-corrected chi connectivity index (χ4v) is 3.91. The number of hydrogen-bond acceptors (Lipinski definition) is 2. The molecule has 0 aromatic heterocycles. The third-order valence-electron chi connectivity index (χ3n) is 4.07. The van der Waals surface area contributed by atoms with Crippen LogP contribution in [0.1, 0.15) is 50.9 Å². The molecule has 1 aliphatic heterocycles. The van der Waals surface area contributed by atoms with Crippen molar-refractivity contribution in [2.45, 2.75) is 57.7 Å². The molecule has 4 nitrogen and oxygen atoms in total. The molecule has 5 heteroatoms. The predicted molar refractivity (Wildman–Crippen MR) is 88.6 cm³/mol. The standard InChI is InChI=1S/C17H25ClN2O2/c1-16(2)9-12(10-17(3,4)20-16)19-15(21)13-8-11(18)6-7-14(13)22-5/h6-8,12,20H,9-10H2,1-5H3,(H,19,21)/p+1. The summed E-state index contributed by atoms with van der Waals surface area (Å²) in [6, 6.07) is 5.24. The van der Waals surface area contributed by atoms with Gasteiger partial charge in [0.1, 0.15) is 5.75 Å². The van der Waals surface area contributed by atoms with Crippen LogP contribution in [0.25, 0.3) is 0 Å². The van der Waals surface area contributed by atoms with Crippen molar-refractivity contribution in [2.24, 2.45) is 0 Å². The van der Waals surface area contributed by atoms with Crippen molar-refractivity contribution in [1.29, 1.82) is 0 Å². The minimum atomic E-state index is -0.127. The number of piperidine rings is 1. The number of rotatable bonds is 3. The van der Waals surface area contributed by atoms with Crippen molar-refractivity contribution < 1.29 is 14.8 Å². The van der Waals surface area contributed by atoms with Crippen LogP contribution in [-0.2, 0) is 0 Å². The van der Waals surface area contributed by atoms with Crippen molar-refractivity contribution in [1.82, 2.24) is 5.32 Å². The number of carbonyl (C=O) groups is 1. The number of nitrogens with one attached hydrogen (secondary N) is 1. The fourth-order valence-electron chi connectivity index (χ4n) is 3.74. The highest BCUT2D eigenvalue weighted by atomic mass is 35.5. The number of methoxy groups -OCH3 is 1. The van der Waals surface area contributed by atoms with E-state index in [0.717, 1.165) is 12.8 Å². The van der Waals surface area contributed by atoms with Crippen LogP contribution in [0.5, 0.6) is 5.75 Å². The Bertz CT molecular complexity index is 554. The molecule has 0 unspecified atom stereocenters. The molecule has 0 bridgehead atoms. The molecule has 0 aliphatic carbocycles. The van der Waals surface area contributed by atoms with Gasteiger partial charge in [0.2, 0.25) is 0 Å². The highest BCUT2D eigenvalue weighted by Gasteiger charge is 2.42. The molecular formula is C17H26ClN2O2+. The molecule has 122 valence electrons. The number of quaternary nitrogens is 1. The number of amides is 1. The lowest BCUT2D eigenvalue weighted by atomic mass is 9.79. The molecule has 1 heterocycles. The summed E-state index contributed by atoms with van der Waals surface area (Å²) in [5.41, 5.74) is 0.705. The van der Waals surface area contributed by atoms with Gasteiger partial charge in [0, 0.05) is 23.9 Å². The normalized spacial score (nSPS) is 20.5. The summed E-state index contributed by atoms with van der Waals surface area (Å²) in [4.78, 5) is 12.6. The van der Waals surface area contributed by atoms with Gasteiger partial charge >= 0.3 is 0 Å². The van der Waals surface area contributed by atoms with E-state index in [9.17, 15) is 4.79 Å². The van der Waals surface area contributed by atoms with Crippen molar-refractivity contribution in [3.05, 3.63) is 28.8 Å². The molecule has 1 aromatic rings. The minimum Gasteiger partial charge on any atom is -0.496 e. The van der Waals surface area contributed by atoms with Gasteiger partial charge in [-0.15, -0.1) is 0 Å². The Hall–Kier alpha value is -1.26. The molecule has 0 radical (unpaired) electrons. The van der Waals surface area contributed by atoms with Gasteiger partial charge in [0.05, 0.1) is 23.8 Å². The molecule has 1 saturated heterocycles. The van der Waals surface area contributed by atoms with Crippen LogP contribution in [-0.4, -0.2) is 30.1 Å². The Labute approximate surface area is 137 Å². The van der Waals surface area contributed by atoms with E-state index in [4.69, 9.17) is 16.3 Å². The lowest BCUT2D eigenvalue weighted by molar-refractivity contribution is -0.787. The Balaban J connectivity index is 2.17. The minimum absolute atomic E-state index is 0.109. The average Bonchev–Trinajstić information content (AvgIpc) is 2.34. The van der Waals surface area contributed by atoms with Crippen molar-refractivity contribution in [2.75, 3.05) is 7.11 Å². The van der Waals surface area contributed by atoms with Gasteiger partial charge in [0.15, 0.2) is 0 Å². The van der Waals surface area contributed by atoms with Crippen LogP contribution in [0.3, 0.4) is 0 Å². The summed E-state index contributed by atoms with van der Waals surface area (Å²) in [7, 11) is 1.56. The highest BCUT2D eigenvalue weighted by Crippen LogP contribution is 2.25. The highest BCUT2D eigenvalue weighted by molar-refractivity contribution is 6.31. The maximum atomic E-state index is 12.6. The van der Waals surface area contributed by atoms with Crippen LogP contribution in [0.4, 0.5) is 0 Å². The van der Waals surface area contributed by atoms with Crippen LogP contribution in [0, 0.1) is 0 Å². The SMILES string of the molecule is COc1ccc(Cl)cc1C(=O)NC1CC(C)(C)[NH2+]C(C)(C)C1. The number of halogens is 1. The first-order valence-electron chi connectivity index (χ1n) is 7.63. The molecule has 1 fully saturated rings. The Morgan fingerprint density at radius 3 is 2.41 bits per heavy atom. The first-order valence-corrected chi connectivity index (χ1v) is 8.01. The third-order valence-corrected chi connectivity index (χ3v) is 4.30. The summed E-state index contributed by atoms with van der Waals surface area (Å²) in [5, 5.41) is 6.07. The van der Waals surface area contributed by atoms with Crippen LogP contribution < -0.4 is 15.4 Å². The van der Waals surface area contributed by atoms with E-state index < -0.39 is 0 Å². The lowest BCUT2D eigenvalue weighted by Crippen LogP contribution is -3.06. The fraction of sp³-hybridized carbons (Fsp3) is 0.588. The van der Waals surface area contributed by atoms with Gasteiger partial charge in [-0.2, -0.15) is 0 Å². The largest absolute Gasteiger partial charge is 0.496 e. The van der Waals surface area contributed by atoms with E-state index in [2.05, 4.69) is 38.3 Å². The van der Waals surface area contributed by atoms with E-state index >= 15 is 0 Å². The maximum absolute atomic E-state index is 12.6. The monoisotopic (exact) mass is 325 g/mol. The second-order valence-corrected chi connectivity index (χ2v) is 7.98. The summed E-state index contributed by atoms with van der Waals surface area (Å²) in [6.07, 6.45) is 1.87.